The molecule has 0 aromatic heterocycles. The Morgan fingerprint density at radius 3 is 2.09 bits per heavy atom. The largest absolute Gasteiger partial charge is 0.307 e. The molecule has 1 aromatic carbocycles. The van der Waals surface area contributed by atoms with Crippen molar-refractivity contribution in [3.05, 3.63) is 35.9 Å². The van der Waals surface area contributed by atoms with Gasteiger partial charge in [-0.25, -0.2) is 0 Å². The fourth-order valence-electron chi connectivity index (χ4n) is 4.27. The van der Waals surface area contributed by atoms with Crippen LogP contribution >= 0.6 is 0 Å². The van der Waals surface area contributed by atoms with E-state index in [0.29, 0.717) is 12.1 Å². The molecule has 0 amide bonds. The normalized spacial score (nSPS) is 21.5. The van der Waals surface area contributed by atoms with E-state index < -0.39 is 0 Å². The molecule has 0 saturated carbocycles. The van der Waals surface area contributed by atoms with E-state index in [1.807, 2.05) is 0 Å². The lowest BCUT2D eigenvalue weighted by Gasteiger charge is -2.50. The number of nitrogens with zero attached hydrogens (tertiary/aromatic N) is 1. The van der Waals surface area contributed by atoms with Gasteiger partial charge in [-0.05, 0) is 66.4 Å². The molecule has 0 bridgehead atoms. The van der Waals surface area contributed by atoms with Gasteiger partial charge in [0.2, 0.25) is 0 Å². The minimum atomic E-state index is 0.215. The summed E-state index contributed by atoms with van der Waals surface area (Å²) in [5.41, 5.74) is 1.87. The van der Waals surface area contributed by atoms with Gasteiger partial charge in [0.1, 0.15) is 0 Å². The van der Waals surface area contributed by atoms with Gasteiger partial charge < -0.3 is 5.32 Å². The Hall–Kier alpha value is -0.860. The molecule has 0 atom stereocenters. The minimum absolute atomic E-state index is 0.215. The van der Waals surface area contributed by atoms with Gasteiger partial charge in [0.25, 0.3) is 0 Å². The van der Waals surface area contributed by atoms with Crippen LogP contribution in [0.1, 0.15) is 59.9 Å². The topological polar surface area (TPSA) is 15.3 Å². The first-order valence-corrected chi connectivity index (χ1v) is 8.78. The zero-order chi connectivity index (χ0) is 16.4. The summed E-state index contributed by atoms with van der Waals surface area (Å²) in [6.07, 6.45) is 3.59. The number of hydrogen-bond acceptors (Lipinski definition) is 2. The van der Waals surface area contributed by atoms with Crippen LogP contribution in [0.25, 0.3) is 0 Å². The minimum Gasteiger partial charge on any atom is -0.307 e. The van der Waals surface area contributed by atoms with E-state index in [2.05, 4.69) is 82.1 Å². The molecule has 1 N–H and O–H groups in total. The van der Waals surface area contributed by atoms with Crippen molar-refractivity contribution in [3.8, 4) is 0 Å². The quantitative estimate of drug-likeness (QED) is 0.875. The standard InChI is InChI=1S/C20H34N2/c1-16(2)22(13-12-17-10-8-7-9-11-17)18-14-19(3,4)21-20(5,6)15-18/h7-11,16,18,21H,12-15H2,1-6H3. The molecule has 0 aliphatic carbocycles. The highest BCUT2D eigenvalue weighted by molar-refractivity contribution is 5.15. The molecular weight excluding hydrogens is 268 g/mol. The van der Waals surface area contributed by atoms with Gasteiger partial charge in [0.15, 0.2) is 0 Å². The van der Waals surface area contributed by atoms with Crippen LogP contribution in [0.15, 0.2) is 30.3 Å². The van der Waals surface area contributed by atoms with Crippen molar-refractivity contribution in [2.24, 2.45) is 0 Å². The van der Waals surface area contributed by atoms with Gasteiger partial charge in [0, 0.05) is 29.7 Å². The summed E-state index contributed by atoms with van der Waals surface area (Å²) >= 11 is 0. The molecule has 0 radical (unpaired) electrons. The van der Waals surface area contributed by atoms with Crippen molar-refractivity contribution in [2.75, 3.05) is 6.54 Å². The highest BCUT2D eigenvalue weighted by Gasteiger charge is 2.40. The number of piperidine rings is 1. The molecule has 22 heavy (non-hydrogen) atoms. The van der Waals surface area contributed by atoms with E-state index in [0.717, 1.165) is 13.0 Å². The molecule has 1 aromatic rings. The summed E-state index contributed by atoms with van der Waals surface area (Å²) in [5, 5.41) is 3.80. The van der Waals surface area contributed by atoms with E-state index in [1.165, 1.54) is 18.4 Å². The zero-order valence-corrected chi connectivity index (χ0v) is 15.3. The molecular formula is C20H34N2. The Morgan fingerprint density at radius 2 is 1.59 bits per heavy atom. The third-order valence-electron chi connectivity index (χ3n) is 4.80. The van der Waals surface area contributed by atoms with E-state index >= 15 is 0 Å². The fourth-order valence-corrected chi connectivity index (χ4v) is 4.27. The SMILES string of the molecule is CC(C)N(CCc1ccccc1)C1CC(C)(C)NC(C)(C)C1. The molecule has 2 heteroatoms. The second-order valence-corrected chi connectivity index (χ2v) is 8.52. The van der Waals surface area contributed by atoms with Crippen molar-refractivity contribution in [1.29, 1.82) is 0 Å². The number of nitrogens with one attached hydrogen (secondary N) is 1. The second kappa shape index (κ2) is 6.72. The van der Waals surface area contributed by atoms with Crippen molar-refractivity contribution >= 4 is 0 Å². The first-order valence-electron chi connectivity index (χ1n) is 8.78. The van der Waals surface area contributed by atoms with Gasteiger partial charge in [-0.3, -0.25) is 4.90 Å². The molecule has 1 saturated heterocycles. The Kier molecular flexibility index (Phi) is 5.34. The summed E-state index contributed by atoms with van der Waals surface area (Å²) in [4.78, 5) is 2.72. The lowest BCUT2D eigenvalue weighted by molar-refractivity contribution is 0.0485. The third kappa shape index (κ3) is 4.82. The molecule has 1 fully saturated rings. The summed E-state index contributed by atoms with van der Waals surface area (Å²) in [6.45, 7) is 15.2. The van der Waals surface area contributed by atoms with Gasteiger partial charge in [-0.15, -0.1) is 0 Å². The summed E-state index contributed by atoms with van der Waals surface area (Å²) < 4.78 is 0. The first kappa shape index (κ1) is 17.5. The van der Waals surface area contributed by atoms with Crippen molar-refractivity contribution in [3.63, 3.8) is 0 Å². The van der Waals surface area contributed by atoms with Crippen LogP contribution in [0.4, 0.5) is 0 Å². The van der Waals surface area contributed by atoms with Gasteiger partial charge in [-0.1, -0.05) is 30.3 Å². The molecule has 1 aliphatic rings. The maximum Gasteiger partial charge on any atom is 0.0145 e. The summed E-state index contributed by atoms with van der Waals surface area (Å²) in [7, 11) is 0. The van der Waals surface area contributed by atoms with Gasteiger partial charge in [-0.2, -0.15) is 0 Å². The van der Waals surface area contributed by atoms with Crippen LogP contribution in [0.5, 0.6) is 0 Å². The smallest absolute Gasteiger partial charge is 0.0145 e. The Balaban J connectivity index is 2.07. The van der Waals surface area contributed by atoms with Gasteiger partial charge >= 0.3 is 0 Å². The molecule has 2 rings (SSSR count). The van der Waals surface area contributed by atoms with Crippen LogP contribution in [0, 0.1) is 0 Å². The van der Waals surface area contributed by atoms with Crippen LogP contribution in [0.2, 0.25) is 0 Å². The molecule has 0 spiro atoms. The molecule has 1 aliphatic heterocycles. The average Bonchev–Trinajstić information content (AvgIpc) is 2.36. The number of hydrogen-bond donors (Lipinski definition) is 1. The van der Waals surface area contributed by atoms with E-state index in [9.17, 15) is 0 Å². The van der Waals surface area contributed by atoms with Crippen molar-refractivity contribution < 1.29 is 0 Å². The second-order valence-electron chi connectivity index (χ2n) is 8.52. The Morgan fingerprint density at radius 1 is 1.05 bits per heavy atom. The zero-order valence-electron chi connectivity index (χ0n) is 15.3. The van der Waals surface area contributed by atoms with Crippen LogP contribution in [-0.2, 0) is 6.42 Å². The molecule has 124 valence electrons. The van der Waals surface area contributed by atoms with Crippen molar-refractivity contribution in [1.82, 2.24) is 10.2 Å². The van der Waals surface area contributed by atoms with E-state index in [-0.39, 0.29) is 11.1 Å². The van der Waals surface area contributed by atoms with Crippen molar-refractivity contribution in [2.45, 2.75) is 84.0 Å². The van der Waals surface area contributed by atoms with Gasteiger partial charge in [0.05, 0.1) is 0 Å². The first-order chi connectivity index (χ1) is 10.2. The lowest BCUT2D eigenvalue weighted by atomic mass is 9.78. The highest BCUT2D eigenvalue weighted by Crippen LogP contribution is 2.32. The monoisotopic (exact) mass is 302 g/mol. The number of rotatable bonds is 5. The predicted octanol–water partition coefficient (Wildman–Crippen LogP) is 4.25. The fraction of sp³-hybridized carbons (Fsp3) is 0.700. The lowest BCUT2D eigenvalue weighted by Crippen LogP contribution is -2.63. The average molecular weight is 303 g/mol. The molecule has 1 heterocycles. The third-order valence-corrected chi connectivity index (χ3v) is 4.80. The summed E-state index contributed by atoms with van der Waals surface area (Å²) in [6, 6.07) is 12.1. The van der Waals surface area contributed by atoms with Crippen LogP contribution in [-0.4, -0.2) is 34.6 Å². The molecule has 0 unspecified atom stereocenters. The predicted molar refractivity (Wildman–Crippen MR) is 96.3 cm³/mol. The summed E-state index contributed by atoms with van der Waals surface area (Å²) in [5.74, 6) is 0. The van der Waals surface area contributed by atoms with Crippen LogP contribution in [0.3, 0.4) is 0 Å². The maximum absolute atomic E-state index is 3.80. The van der Waals surface area contributed by atoms with Crippen LogP contribution < -0.4 is 5.32 Å². The van der Waals surface area contributed by atoms with E-state index in [4.69, 9.17) is 0 Å². The highest BCUT2D eigenvalue weighted by atomic mass is 15.2. The Bertz CT molecular complexity index is 446. The maximum atomic E-state index is 3.80. The molecule has 2 nitrogen and oxygen atoms in total. The Labute approximate surface area is 137 Å². The van der Waals surface area contributed by atoms with E-state index in [1.54, 1.807) is 0 Å². The number of benzene rings is 1.